The Morgan fingerprint density at radius 3 is 2.93 bits per heavy atom. The molecular weight excluding hydrogens is 221 g/mol. The van der Waals surface area contributed by atoms with Crippen molar-refractivity contribution in [3.05, 3.63) is 29.1 Å². The monoisotopic (exact) mass is 227 g/mol. The Kier molecular flexibility index (Phi) is 2.42. The number of hydrogen-bond donors (Lipinski definition) is 0. The van der Waals surface area contributed by atoms with Crippen molar-refractivity contribution in [2.45, 2.75) is 22.4 Å². The molecule has 0 fully saturated rings. The molecule has 1 aromatic carbocycles. The van der Waals surface area contributed by atoms with E-state index in [2.05, 4.69) is 0 Å². The third kappa shape index (κ3) is 1.30. The average molecular weight is 228 g/mol. The fourth-order valence-electron chi connectivity index (χ4n) is 1.56. The Balaban J connectivity index is 2.65. The highest BCUT2D eigenvalue weighted by molar-refractivity contribution is 8.01. The summed E-state index contributed by atoms with van der Waals surface area (Å²) in [6.45, 7) is 1.88. The van der Waals surface area contributed by atoms with Crippen molar-refractivity contribution in [1.82, 2.24) is 0 Å². The lowest BCUT2D eigenvalue weighted by atomic mass is 10.0. The zero-order chi connectivity index (χ0) is 10.3. The first-order chi connectivity index (χ1) is 6.65. The van der Waals surface area contributed by atoms with Crippen molar-refractivity contribution < 1.29 is 4.39 Å². The molecule has 0 aliphatic carbocycles. The zero-order valence-corrected chi connectivity index (χ0v) is 8.99. The van der Waals surface area contributed by atoms with E-state index in [0.29, 0.717) is 16.0 Å². The van der Waals surface area contributed by atoms with Crippen molar-refractivity contribution in [2.24, 2.45) is 0 Å². The molecule has 1 aliphatic heterocycles. The predicted molar refractivity (Wildman–Crippen MR) is 55.0 cm³/mol. The van der Waals surface area contributed by atoms with Gasteiger partial charge in [0.15, 0.2) is 0 Å². The van der Waals surface area contributed by atoms with Gasteiger partial charge in [0.05, 0.1) is 10.3 Å². The first-order valence-electron chi connectivity index (χ1n) is 4.18. The maximum Gasteiger partial charge on any atom is 0.127 e. The molecule has 2 rings (SSSR count). The minimum Gasteiger partial charge on any atom is -0.207 e. The number of halogens is 2. The Hall–Kier alpha value is -0.720. The van der Waals surface area contributed by atoms with Gasteiger partial charge in [0.25, 0.3) is 0 Å². The van der Waals surface area contributed by atoms with Gasteiger partial charge in [-0.1, -0.05) is 6.92 Å². The number of rotatable bonds is 0. The Morgan fingerprint density at radius 1 is 1.57 bits per heavy atom. The van der Waals surface area contributed by atoms with Crippen molar-refractivity contribution in [3.8, 4) is 6.07 Å². The number of hydrogen-bond acceptors (Lipinski definition) is 2. The van der Waals surface area contributed by atoms with Crippen LogP contribution in [0.5, 0.6) is 0 Å². The van der Waals surface area contributed by atoms with E-state index in [0.717, 1.165) is 0 Å². The van der Waals surface area contributed by atoms with E-state index in [4.69, 9.17) is 16.9 Å². The van der Waals surface area contributed by atoms with Gasteiger partial charge >= 0.3 is 0 Å². The smallest absolute Gasteiger partial charge is 0.127 e. The fraction of sp³-hybridized carbons (Fsp3) is 0.300. The van der Waals surface area contributed by atoms with E-state index < -0.39 is 0 Å². The largest absolute Gasteiger partial charge is 0.207 e. The Morgan fingerprint density at radius 2 is 2.29 bits per heavy atom. The fourth-order valence-corrected chi connectivity index (χ4v) is 3.17. The van der Waals surface area contributed by atoms with Gasteiger partial charge in [-0.25, -0.2) is 4.39 Å². The van der Waals surface area contributed by atoms with Crippen molar-refractivity contribution in [3.63, 3.8) is 0 Å². The molecule has 1 nitrogen and oxygen atoms in total. The topological polar surface area (TPSA) is 23.8 Å². The first-order valence-corrected chi connectivity index (χ1v) is 5.50. The minimum absolute atomic E-state index is 0.0371. The molecule has 14 heavy (non-hydrogen) atoms. The molecule has 0 saturated heterocycles. The number of nitriles is 1. The van der Waals surface area contributed by atoms with E-state index in [1.165, 1.54) is 23.9 Å². The molecule has 0 bridgehead atoms. The van der Waals surface area contributed by atoms with E-state index in [9.17, 15) is 4.39 Å². The average Bonchev–Trinajstić information content (AvgIpc) is 2.45. The van der Waals surface area contributed by atoms with Gasteiger partial charge in [-0.3, -0.25) is 0 Å². The Labute approximate surface area is 90.9 Å². The second-order valence-corrected chi connectivity index (χ2v) is 5.09. The second kappa shape index (κ2) is 3.45. The standard InChI is InChI=1S/C10H7ClFNS/c1-5-8-7(12)3-2-6(4-13)9(8)14-10(5)11/h2-3,5,10H,1H3. The summed E-state index contributed by atoms with van der Waals surface area (Å²) < 4.78 is 13.3. The van der Waals surface area contributed by atoms with Crippen LogP contribution in [0.25, 0.3) is 0 Å². The van der Waals surface area contributed by atoms with E-state index in [-0.39, 0.29) is 16.4 Å². The summed E-state index contributed by atoms with van der Waals surface area (Å²) in [7, 11) is 0. The van der Waals surface area contributed by atoms with Crippen LogP contribution in [-0.4, -0.2) is 4.71 Å². The number of nitrogens with zero attached hydrogens (tertiary/aromatic N) is 1. The van der Waals surface area contributed by atoms with Crippen LogP contribution in [0, 0.1) is 17.1 Å². The maximum atomic E-state index is 13.4. The summed E-state index contributed by atoms with van der Waals surface area (Å²) in [5.41, 5.74) is 1.11. The molecule has 1 aliphatic rings. The maximum absolute atomic E-state index is 13.4. The van der Waals surface area contributed by atoms with Crippen molar-refractivity contribution in [1.29, 1.82) is 5.26 Å². The third-order valence-electron chi connectivity index (χ3n) is 2.34. The van der Waals surface area contributed by atoms with Crippen LogP contribution in [0.2, 0.25) is 0 Å². The predicted octanol–water partition coefficient (Wildman–Crippen LogP) is 3.47. The minimum atomic E-state index is -0.262. The quantitative estimate of drug-likeness (QED) is 0.634. The first kappa shape index (κ1) is 9.82. The summed E-state index contributed by atoms with van der Waals surface area (Å²) in [6, 6.07) is 4.89. The van der Waals surface area contributed by atoms with Crippen LogP contribution < -0.4 is 0 Å². The molecule has 0 saturated carbocycles. The van der Waals surface area contributed by atoms with E-state index in [1.54, 1.807) is 0 Å². The summed E-state index contributed by atoms with van der Waals surface area (Å²) in [6.07, 6.45) is 0. The molecule has 0 radical (unpaired) electrons. The lowest BCUT2D eigenvalue weighted by Gasteiger charge is -2.07. The summed E-state index contributed by atoms with van der Waals surface area (Å²) in [5.74, 6) is -0.299. The molecule has 4 heteroatoms. The van der Waals surface area contributed by atoms with Gasteiger partial charge in [0.2, 0.25) is 0 Å². The van der Waals surface area contributed by atoms with Crippen LogP contribution in [-0.2, 0) is 0 Å². The highest BCUT2D eigenvalue weighted by Crippen LogP contribution is 2.49. The molecule has 1 aromatic rings. The molecule has 0 N–H and O–H groups in total. The molecule has 72 valence electrons. The van der Waals surface area contributed by atoms with Gasteiger partial charge in [0.1, 0.15) is 11.9 Å². The number of thioether (sulfide) groups is 1. The summed E-state index contributed by atoms with van der Waals surface area (Å²) in [5, 5.41) is 8.84. The SMILES string of the molecule is CC1c2c(F)ccc(C#N)c2SC1Cl. The van der Waals surface area contributed by atoms with Gasteiger partial charge in [-0.15, -0.1) is 23.4 Å². The third-order valence-corrected chi connectivity index (χ3v) is 4.30. The van der Waals surface area contributed by atoms with Crippen LogP contribution in [0.4, 0.5) is 4.39 Å². The highest BCUT2D eigenvalue weighted by atomic mass is 35.5. The van der Waals surface area contributed by atoms with Gasteiger partial charge in [-0.05, 0) is 12.1 Å². The molecule has 0 aromatic heterocycles. The van der Waals surface area contributed by atoms with Gasteiger partial charge in [0, 0.05) is 16.4 Å². The molecular formula is C10H7ClFNS. The second-order valence-electron chi connectivity index (χ2n) is 3.21. The van der Waals surface area contributed by atoms with Crippen LogP contribution in [0.1, 0.15) is 24.0 Å². The lowest BCUT2D eigenvalue weighted by Crippen LogP contribution is -2.00. The van der Waals surface area contributed by atoms with Gasteiger partial charge < -0.3 is 0 Å². The lowest BCUT2D eigenvalue weighted by molar-refractivity contribution is 0.593. The number of fused-ring (bicyclic) bond motifs is 1. The van der Waals surface area contributed by atoms with Crippen LogP contribution in [0.15, 0.2) is 17.0 Å². The van der Waals surface area contributed by atoms with E-state index >= 15 is 0 Å². The molecule has 1 heterocycles. The van der Waals surface area contributed by atoms with E-state index in [1.807, 2.05) is 13.0 Å². The van der Waals surface area contributed by atoms with Crippen molar-refractivity contribution >= 4 is 23.4 Å². The zero-order valence-electron chi connectivity index (χ0n) is 7.42. The number of benzene rings is 1. The Bertz CT molecular complexity index is 427. The van der Waals surface area contributed by atoms with Gasteiger partial charge in [-0.2, -0.15) is 5.26 Å². The molecule has 2 unspecified atom stereocenters. The molecule has 0 amide bonds. The summed E-state index contributed by atoms with van der Waals surface area (Å²) in [4.78, 5) is 0.708. The summed E-state index contributed by atoms with van der Waals surface area (Å²) >= 11 is 7.38. The van der Waals surface area contributed by atoms with Crippen molar-refractivity contribution in [2.75, 3.05) is 0 Å². The molecule has 0 spiro atoms. The number of alkyl halides is 1. The van der Waals surface area contributed by atoms with Crippen LogP contribution >= 0.6 is 23.4 Å². The normalized spacial score (nSPS) is 24.4. The van der Waals surface area contributed by atoms with Crippen LogP contribution in [0.3, 0.4) is 0 Å². The highest BCUT2D eigenvalue weighted by Gasteiger charge is 2.33. The molecule has 2 atom stereocenters.